The summed E-state index contributed by atoms with van der Waals surface area (Å²) in [5, 5.41) is 12.4. The van der Waals surface area contributed by atoms with E-state index in [1.54, 1.807) is 6.92 Å². The van der Waals surface area contributed by atoms with E-state index < -0.39 is 11.5 Å². The molecule has 0 aromatic carbocycles. The molecule has 0 aliphatic carbocycles. The Morgan fingerprint density at radius 3 is 2.19 bits per heavy atom. The van der Waals surface area contributed by atoms with Gasteiger partial charge in [-0.05, 0) is 60.8 Å². The number of aliphatic carboxylic acids is 1. The molecular weight excluding hydrogens is 270 g/mol. The average molecular weight is 303 g/mol. The molecule has 0 bridgehead atoms. The quantitative estimate of drug-likeness (QED) is 0.574. The molecule has 5 nitrogen and oxygen atoms in total. The van der Waals surface area contributed by atoms with E-state index in [9.17, 15) is 9.90 Å². The molecule has 0 saturated heterocycles. The third-order valence-corrected chi connectivity index (χ3v) is 3.06. The van der Waals surface area contributed by atoms with Crippen molar-refractivity contribution in [2.45, 2.75) is 78.0 Å². The van der Waals surface area contributed by atoms with Gasteiger partial charge in [-0.3, -0.25) is 10.1 Å². The molecule has 2 N–H and O–H groups in total. The Morgan fingerprint density at radius 2 is 1.71 bits per heavy atom. The van der Waals surface area contributed by atoms with Crippen LogP contribution in [0.2, 0.25) is 0 Å². The van der Waals surface area contributed by atoms with E-state index in [1.807, 2.05) is 34.6 Å². The van der Waals surface area contributed by atoms with Crippen molar-refractivity contribution < 1.29 is 19.4 Å². The third kappa shape index (κ3) is 10.7. The summed E-state index contributed by atoms with van der Waals surface area (Å²) < 4.78 is 11.0. The normalized spacial score (nSPS) is 15.2. The van der Waals surface area contributed by atoms with Crippen molar-refractivity contribution in [3.8, 4) is 0 Å². The van der Waals surface area contributed by atoms with Crippen molar-refractivity contribution in [2.75, 3.05) is 19.8 Å². The Hall–Kier alpha value is -0.650. The van der Waals surface area contributed by atoms with E-state index in [2.05, 4.69) is 5.32 Å². The predicted octanol–water partition coefficient (Wildman–Crippen LogP) is 2.83. The fraction of sp³-hybridized carbons (Fsp3) is 0.938. The van der Waals surface area contributed by atoms with Gasteiger partial charge in [-0.1, -0.05) is 0 Å². The molecule has 21 heavy (non-hydrogen) atoms. The van der Waals surface area contributed by atoms with E-state index in [0.29, 0.717) is 26.2 Å². The maximum absolute atomic E-state index is 11.3. The average Bonchev–Trinajstić information content (AvgIpc) is 2.30. The van der Waals surface area contributed by atoms with Crippen LogP contribution in [0.1, 0.15) is 60.8 Å². The van der Waals surface area contributed by atoms with Gasteiger partial charge in [0.2, 0.25) is 0 Å². The van der Waals surface area contributed by atoms with Gasteiger partial charge in [0.05, 0.1) is 18.8 Å². The third-order valence-electron chi connectivity index (χ3n) is 3.06. The molecule has 0 heterocycles. The lowest BCUT2D eigenvalue weighted by molar-refractivity contribution is -0.144. The maximum Gasteiger partial charge on any atom is 0.323 e. The van der Waals surface area contributed by atoms with Crippen LogP contribution >= 0.6 is 0 Å². The first-order valence-corrected chi connectivity index (χ1v) is 7.79. The second-order valence-corrected chi connectivity index (χ2v) is 6.97. The number of hydrogen-bond donors (Lipinski definition) is 2. The number of carboxylic acids is 1. The number of carbonyl (C=O) groups is 1. The van der Waals surface area contributed by atoms with Crippen LogP contribution in [0.4, 0.5) is 0 Å². The molecule has 0 aromatic heterocycles. The zero-order valence-electron chi connectivity index (χ0n) is 14.5. The Balaban J connectivity index is 3.75. The van der Waals surface area contributed by atoms with Gasteiger partial charge < -0.3 is 14.6 Å². The minimum atomic E-state index is -0.858. The first-order chi connectivity index (χ1) is 9.57. The Bertz CT molecular complexity index is 299. The summed E-state index contributed by atoms with van der Waals surface area (Å²) in [4.78, 5) is 11.3. The topological polar surface area (TPSA) is 67.8 Å². The monoisotopic (exact) mass is 303 g/mol. The maximum atomic E-state index is 11.3. The number of unbranched alkanes of at least 4 members (excludes halogenated alkanes) is 1. The molecule has 0 radical (unpaired) electrons. The van der Waals surface area contributed by atoms with Gasteiger partial charge in [-0.15, -0.1) is 0 Å². The first-order valence-electron chi connectivity index (χ1n) is 7.79. The van der Waals surface area contributed by atoms with Crippen LogP contribution in [0, 0.1) is 0 Å². The highest BCUT2D eigenvalue weighted by Gasteiger charge is 2.32. The largest absolute Gasteiger partial charge is 0.480 e. The van der Waals surface area contributed by atoms with Gasteiger partial charge >= 0.3 is 5.97 Å². The van der Waals surface area contributed by atoms with Gasteiger partial charge in [0.1, 0.15) is 5.54 Å². The summed E-state index contributed by atoms with van der Waals surface area (Å²) in [6, 6.07) is 0.150. The number of carboxylic acid groups (broad SMARTS) is 1. The molecule has 126 valence electrons. The van der Waals surface area contributed by atoms with Gasteiger partial charge in [0.25, 0.3) is 0 Å². The van der Waals surface area contributed by atoms with Gasteiger partial charge in [-0.2, -0.15) is 0 Å². The van der Waals surface area contributed by atoms with Crippen molar-refractivity contribution in [2.24, 2.45) is 0 Å². The van der Waals surface area contributed by atoms with Crippen molar-refractivity contribution in [1.82, 2.24) is 5.32 Å². The zero-order valence-corrected chi connectivity index (χ0v) is 14.5. The molecular formula is C16H33NO4. The van der Waals surface area contributed by atoms with E-state index in [4.69, 9.17) is 9.47 Å². The number of ether oxygens (including phenoxy) is 2. The summed E-state index contributed by atoms with van der Waals surface area (Å²) in [5.41, 5.74) is -0.987. The molecule has 0 fully saturated rings. The second kappa shape index (κ2) is 9.38. The molecule has 1 atom stereocenters. The van der Waals surface area contributed by atoms with Gasteiger partial charge in [0.15, 0.2) is 0 Å². The summed E-state index contributed by atoms with van der Waals surface area (Å²) in [5.74, 6) is -0.796. The van der Waals surface area contributed by atoms with Crippen LogP contribution in [0.5, 0.6) is 0 Å². The van der Waals surface area contributed by atoms with Crippen LogP contribution in [0.3, 0.4) is 0 Å². The second-order valence-electron chi connectivity index (χ2n) is 6.97. The lowest BCUT2D eigenvalue weighted by Gasteiger charge is -2.28. The predicted molar refractivity (Wildman–Crippen MR) is 84.7 cm³/mol. The van der Waals surface area contributed by atoms with E-state index in [1.165, 1.54) is 0 Å². The van der Waals surface area contributed by atoms with Gasteiger partial charge in [-0.25, -0.2) is 0 Å². The summed E-state index contributed by atoms with van der Waals surface area (Å²) in [6.07, 6.45) is 2.28. The molecule has 0 aliphatic rings. The standard InChI is InChI=1S/C16H33NO4/c1-13(2)17-16(6,14(18)19)9-7-8-10-20-11-12-21-15(3,4)5/h13,17H,7-12H2,1-6H3,(H,18,19). The van der Waals surface area contributed by atoms with E-state index in [-0.39, 0.29) is 11.6 Å². The molecule has 0 rings (SSSR count). The van der Waals surface area contributed by atoms with Crippen LogP contribution in [0.15, 0.2) is 0 Å². The molecule has 0 aliphatic heterocycles. The number of hydrogen-bond acceptors (Lipinski definition) is 4. The number of rotatable bonds is 11. The van der Waals surface area contributed by atoms with Crippen molar-refractivity contribution in [3.63, 3.8) is 0 Å². The van der Waals surface area contributed by atoms with Crippen molar-refractivity contribution in [3.05, 3.63) is 0 Å². The smallest absolute Gasteiger partial charge is 0.323 e. The Kier molecular flexibility index (Phi) is 9.09. The lowest BCUT2D eigenvalue weighted by Crippen LogP contribution is -2.52. The first kappa shape index (κ1) is 20.3. The van der Waals surface area contributed by atoms with E-state index in [0.717, 1.165) is 12.8 Å². The molecule has 0 amide bonds. The molecule has 0 aromatic rings. The van der Waals surface area contributed by atoms with Crippen LogP contribution in [0.25, 0.3) is 0 Å². The molecule has 0 spiro atoms. The lowest BCUT2D eigenvalue weighted by atomic mass is 9.94. The van der Waals surface area contributed by atoms with Crippen molar-refractivity contribution >= 4 is 5.97 Å². The summed E-state index contributed by atoms with van der Waals surface area (Å²) in [7, 11) is 0. The van der Waals surface area contributed by atoms with Crippen LogP contribution in [-0.2, 0) is 14.3 Å². The highest BCUT2D eigenvalue weighted by atomic mass is 16.5. The van der Waals surface area contributed by atoms with Crippen LogP contribution < -0.4 is 5.32 Å². The van der Waals surface area contributed by atoms with E-state index >= 15 is 0 Å². The molecule has 5 heteroatoms. The highest BCUT2D eigenvalue weighted by Crippen LogP contribution is 2.15. The van der Waals surface area contributed by atoms with Crippen LogP contribution in [-0.4, -0.2) is 48.1 Å². The SMILES string of the molecule is CC(C)NC(C)(CCCCOCCOC(C)(C)C)C(=O)O. The Labute approximate surface area is 129 Å². The van der Waals surface area contributed by atoms with Gasteiger partial charge in [0, 0.05) is 12.6 Å². The summed E-state index contributed by atoms with van der Waals surface area (Å²) >= 11 is 0. The minimum absolute atomic E-state index is 0.130. The Morgan fingerprint density at radius 1 is 1.10 bits per heavy atom. The minimum Gasteiger partial charge on any atom is -0.480 e. The van der Waals surface area contributed by atoms with Crippen molar-refractivity contribution in [1.29, 1.82) is 0 Å². The fourth-order valence-electron chi connectivity index (χ4n) is 2.07. The molecule has 0 saturated carbocycles. The highest BCUT2D eigenvalue weighted by molar-refractivity contribution is 5.78. The fourth-order valence-corrected chi connectivity index (χ4v) is 2.07. The number of nitrogens with one attached hydrogen (secondary N) is 1. The molecule has 1 unspecified atom stereocenters. The summed E-state index contributed by atoms with van der Waals surface area (Å²) in [6.45, 7) is 13.5. The zero-order chi connectivity index (χ0) is 16.5.